The van der Waals surface area contributed by atoms with Crippen LogP contribution < -0.4 is 28.4 Å². The maximum Gasteiger partial charge on any atom is 0.256 e. The Hall–Kier alpha value is -3.79. The van der Waals surface area contributed by atoms with Gasteiger partial charge in [0.15, 0.2) is 11.5 Å². The molecule has 10 nitrogen and oxygen atoms in total. The Morgan fingerprint density at radius 3 is 1.42 bits per heavy atom. The van der Waals surface area contributed by atoms with Gasteiger partial charge in [-0.1, -0.05) is 62.3 Å². The molecule has 0 spiro atoms. The summed E-state index contributed by atoms with van der Waals surface area (Å²) in [6, 6.07) is 9.55. The minimum absolute atomic E-state index is 0.00165. The standard InChI is InChI=1S/C13H21NO3.2C11H17NO2/c1-13(2,3)11-7-6-10(12(14-11)16-5)17-9-8-15-4;1-11(2,3)10-9(14-5)6-8(13-4)7-12-10;1-11(2,3)9-7-6-8(13-4)10(12-9)14-5/h6-7H,8-9H2,1-5H3;2*6-7H,1-5H3. The summed E-state index contributed by atoms with van der Waals surface area (Å²) >= 11 is 0. The van der Waals surface area contributed by atoms with Crippen LogP contribution in [-0.2, 0) is 21.0 Å². The molecule has 0 N–H and O–H groups in total. The van der Waals surface area contributed by atoms with Crippen molar-refractivity contribution in [2.75, 3.05) is 55.9 Å². The highest BCUT2D eigenvalue weighted by Gasteiger charge is 2.21. The van der Waals surface area contributed by atoms with Crippen molar-refractivity contribution in [2.24, 2.45) is 0 Å². The second-order valence-electron chi connectivity index (χ2n) is 13.1. The second kappa shape index (κ2) is 17.6. The highest BCUT2D eigenvalue weighted by Crippen LogP contribution is 2.32. The molecule has 0 aliphatic heterocycles. The Balaban J connectivity index is 0.000000340. The predicted molar refractivity (Wildman–Crippen MR) is 179 cm³/mol. The van der Waals surface area contributed by atoms with E-state index in [0.717, 1.165) is 28.6 Å². The molecule has 0 saturated heterocycles. The molecule has 0 aliphatic carbocycles. The monoisotopic (exact) mass is 629 g/mol. The van der Waals surface area contributed by atoms with Crippen molar-refractivity contribution in [2.45, 2.75) is 78.6 Å². The average Bonchev–Trinajstić information content (AvgIpc) is 2.99. The zero-order chi connectivity index (χ0) is 34.4. The Morgan fingerprint density at radius 1 is 0.533 bits per heavy atom. The smallest absolute Gasteiger partial charge is 0.256 e. The normalized spacial score (nSPS) is 11.3. The first-order valence-corrected chi connectivity index (χ1v) is 14.8. The van der Waals surface area contributed by atoms with Gasteiger partial charge in [0, 0.05) is 29.4 Å². The topological polar surface area (TPSA) is 103 Å². The van der Waals surface area contributed by atoms with E-state index in [1.54, 1.807) is 48.9 Å². The van der Waals surface area contributed by atoms with E-state index in [1.165, 1.54) is 0 Å². The number of ether oxygens (including phenoxy) is 7. The van der Waals surface area contributed by atoms with Crippen LogP contribution in [0.2, 0.25) is 0 Å². The van der Waals surface area contributed by atoms with Crippen LogP contribution in [0.25, 0.3) is 0 Å². The molecule has 3 rings (SSSR count). The number of rotatable bonds is 9. The molecular weight excluding hydrogens is 574 g/mol. The summed E-state index contributed by atoms with van der Waals surface area (Å²) in [6.45, 7) is 20.0. The van der Waals surface area contributed by atoms with E-state index in [0.29, 0.717) is 36.5 Å². The van der Waals surface area contributed by atoms with E-state index >= 15 is 0 Å². The lowest BCUT2D eigenvalue weighted by Crippen LogP contribution is -2.15. The van der Waals surface area contributed by atoms with Gasteiger partial charge in [0.2, 0.25) is 0 Å². The largest absolute Gasteiger partial charge is 0.495 e. The number of nitrogens with zero attached hydrogens (tertiary/aromatic N) is 3. The lowest BCUT2D eigenvalue weighted by Gasteiger charge is -2.20. The maximum absolute atomic E-state index is 5.52. The first-order valence-electron chi connectivity index (χ1n) is 14.8. The summed E-state index contributed by atoms with van der Waals surface area (Å²) in [6.07, 6.45) is 1.71. The lowest BCUT2D eigenvalue weighted by molar-refractivity contribution is 0.143. The molecule has 0 unspecified atom stereocenters. The van der Waals surface area contributed by atoms with Crippen molar-refractivity contribution < 1.29 is 33.2 Å². The van der Waals surface area contributed by atoms with E-state index in [1.807, 2.05) is 30.3 Å². The van der Waals surface area contributed by atoms with Crippen LogP contribution in [0.4, 0.5) is 0 Å². The van der Waals surface area contributed by atoms with Gasteiger partial charge in [0.25, 0.3) is 11.8 Å². The van der Waals surface area contributed by atoms with Crippen molar-refractivity contribution in [1.29, 1.82) is 0 Å². The molecule has 0 aliphatic rings. The number of pyridine rings is 3. The zero-order valence-corrected chi connectivity index (χ0v) is 30.1. The van der Waals surface area contributed by atoms with E-state index in [2.05, 4.69) is 77.3 Å². The first kappa shape index (κ1) is 39.2. The third kappa shape index (κ3) is 12.6. The van der Waals surface area contributed by atoms with Gasteiger partial charge in [-0.15, -0.1) is 0 Å². The summed E-state index contributed by atoms with van der Waals surface area (Å²) < 4.78 is 36.3. The van der Waals surface area contributed by atoms with Crippen molar-refractivity contribution in [3.05, 3.63) is 53.6 Å². The van der Waals surface area contributed by atoms with Crippen LogP contribution in [0.1, 0.15) is 79.4 Å². The van der Waals surface area contributed by atoms with Crippen LogP contribution in [0.3, 0.4) is 0 Å². The quantitative estimate of drug-likeness (QED) is 0.226. The molecule has 3 heterocycles. The predicted octanol–water partition coefficient (Wildman–Crippen LogP) is 7.21. The molecule has 3 aromatic heterocycles. The highest BCUT2D eigenvalue weighted by atomic mass is 16.5. The lowest BCUT2D eigenvalue weighted by atomic mass is 9.91. The summed E-state index contributed by atoms with van der Waals surface area (Å²) in [7, 11) is 9.70. The molecule has 0 atom stereocenters. The molecule has 252 valence electrons. The van der Waals surface area contributed by atoms with Gasteiger partial charge in [-0.25, -0.2) is 9.97 Å². The van der Waals surface area contributed by atoms with Crippen LogP contribution in [0.15, 0.2) is 36.5 Å². The minimum Gasteiger partial charge on any atom is -0.495 e. The average molecular weight is 630 g/mol. The van der Waals surface area contributed by atoms with Crippen molar-refractivity contribution in [3.8, 4) is 34.8 Å². The zero-order valence-electron chi connectivity index (χ0n) is 30.1. The van der Waals surface area contributed by atoms with E-state index in [-0.39, 0.29) is 16.2 Å². The van der Waals surface area contributed by atoms with Crippen LogP contribution in [0, 0.1) is 0 Å². The molecule has 0 amide bonds. The van der Waals surface area contributed by atoms with Gasteiger partial charge in [0.1, 0.15) is 18.1 Å². The fourth-order valence-electron chi connectivity index (χ4n) is 3.74. The third-order valence-corrected chi connectivity index (χ3v) is 6.33. The summed E-state index contributed by atoms with van der Waals surface area (Å²) in [4.78, 5) is 13.2. The molecule has 3 aromatic rings. The minimum atomic E-state index is -0.0163. The van der Waals surface area contributed by atoms with Crippen molar-refractivity contribution >= 4 is 0 Å². The number of hydrogen-bond donors (Lipinski definition) is 0. The maximum atomic E-state index is 5.52. The van der Waals surface area contributed by atoms with Gasteiger partial charge in [-0.05, 0) is 24.3 Å². The molecule has 0 radical (unpaired) electrons. The van der Waals surface area contributed by atoms with Gasteiger partial charge in [0.05, 0.1) is 65.4 Å². The Bertz CT molecular complexity index is 1310. The van der Waals surface area contributed by atoms with Gasteiger partial charge in [-0.2, -0.15) is 0 Å². The van der Waals surface area contributed by atoms with Gasteiger partial charge < -0.3 is 33.2 Å². The second-order valence-corrected chi connectivity index (χ2v) is 13.1. The summed E-state index contributed by atoms with van der Waals surface area (Å²) in [5.74, 6) is 3.87. The van der Waals surface area contributed by atoms with Crippen LogP contribution in [0.5, 0.6) is 34.8 Å². The molecule has 45 heavy (non-hydrogen) atoms. The number of aromatic nitrogens is 3. The van der Waals surface area contributed by atoms with Crippen molar-refractivity contribution in [3.63, 3.8) is 0 Å². The van der Waals surface area contributed by atoms with Crippen LogP contribution in [-0.4, -0.2) is 70.8 Å². The van der Waals surface area contributed by atoms with E-state index in [4.69, 9.17) is 33.2 Å². The van der Waals surface area contributed by atoms with Crippen molar-refractivity contribution in [1.82, 2.24) is 15.0 Å². The fraction of sp³-hybridized carbons (Fsp3) is 0.571. The first-order chi connectivity index (χ1) is 21.0. The number of hydrogen-bond acceptors (Lipinski definition) is 10. The summed E-state index contributed by atoms with van der Waals surface area (Å²) in [5.41, 5.74) is 2.93. The molecule has 0 bridgehead atoms. The fourth-order valence-corrected chi connectivity index (χ4v) is 3.74. The van der Waals surface area contributed by atoms with Gasteiger partial charge in [-0.3, -0.25) is 4.98 Å². The SMILES string of the molecule is COCCOc1ccc(C(C)(C)C)nc1OC.COc1ccc(C(C)(C)C)nc1OC.COc1cnc(C(C)(C)C)c(OC)c1. The van der Waals surface area contributed by atoms with Crippen LogP contribution >= 0.6 is 0 Å². The van der Waals surface area contributed by atoms with Gasteiger partial charge >= 0.3 is 0 Å². The molecule has 10 heteroatoms. The number of methoxy groups -OCH3 is 6. The highest BCUT2D eigenvalue weighted by molar-refractivity contribution is 5.39. The molecule has 0 fully saturated rings. The third-order valence-electron chi connectivity index (χ3n) is 6.33. The Kier molecular flexibility index (Phi) is 15.4. The Morgan fingerprint density at radius 2 is 1.02 bits per heavy atom. The molecule has 0 aromatic carbocycles. The molecular formula is C35H55N3O7. The Labute approximate surface area is 270 Å². The molecule has 0 saturated carbocycles. The van der Waals surface area contributed by atoms with E-state index in [9.17, 15) is 0 Å². The summed E-state index contributed by atoms with van der Waals surface area (Å²) in [5, 5.41) is 0. The van der Waals surface area contributed by atoms with E-state index < -0.39 is 0 Å².